The van der Waals surface area contributed by atoms with Crippen LogP contribution in [0.25, 0.3) is 0 Å². The van der Waals surface area contributed by atoms with E-state index in [0.29, 0.717) is 0 Å². The summed E-state index contributed by atoms with van der Waals surface area (Å²) < 4.78 is 1.83. The SMILES string of the molecule is CC(=O)N1CCn2nccc21. The van der Waals surface area contributed by atoms with E-state index < -0.39 is 0 Å². The normalized spacial score (nSPS) is 15.2. The summed E-state index contributed by atoms with van der Waals surface area (Å²) in [5.41, 5.74) is 0. The van der Waals surface area contributed by atoms with Crippen LogP contribution in [0.4, 0.5) is 5.82 Å². The first-order valence-corrected chi connectivity index (χ1v) is 3.59. The molecule has 0 aromatic carbocycles. The number of carbonyl (C=O) groups is 1. The number of hydrogen-bond donors (Lipinski definition) is 0. The number of rotatable bonds is 0. The van der Waals surface area contributed by atoms with E-state index in [2.05, 4.69) is 5.10 Å². The van der Waals surface area contributed by atoms with Crippen molar-refractivity contribution in [1.82, 2.24) is 9.78 Å². The average Bonchev–Trinajstić information content (AvgIpc) is 2.41. The molecule has 4 nitrogen and oxygen atoms in total. The molecule has 0 unspecified atom stereocenters. The summed E-state index contributed by atoms with van der Waals surface area (Å²) in [5.74, 6) is 1.00. The van der Waals surface area contributed by atoms with Crippen LogP contribution in [0.2, 0.25) is 0 Å². The third-order valence-corrected chi connectivity index (χ3v) is 1.89. The molecule has 2 rings (SSSR count). The fraction of sp³-hybridized carbons (Fsp3) is 0.429. The fourth-order valence-corrected chi connectivity index (χ4v) is 1.36. The van der Waals surface area contributed by atoms with Crippen LogP contribution in [-0.2, 0) is 11.3 Å². The van der Waals surface area contributed by atoms with Crippen LogP contribution in [0.5, 0.6) is 0 Å². The van der Waals surface area contributed by atoms with Crippen LogP contribution in [0, 0.1) is 0 Å². The lowest BCUT2D eigenvalue weighted by molar-refractivity contribution is -0.116. The molecule has 0 saturated heterocycles. The first-order valence-electron chi connectivity index (χ1n) is 3.59. The molecule has 0 saturated carbocycles. The highest BCUT2D eigenvalue weighted by molar-refractivity contribution is 5.91. The third kappa shape index (κ3) is 0.824. The van der Waals surface area contributed by atoms with E-state index >= 15 is 0 Å². The highest BCUT2D eigenvalue weighted by Crippen LogP contribution is 2.19. The second-order valence-electron chi connectivity index (χ2n) is 2.58. The van der Waals surface area contributed by atoms with E-state index in [-0.39, 0.29) is 5.91 Å². The van der Waals surface area contributed by atoms with Crippen molar-refractivity contribution in [2.24, 2.45) is 0 Å². The molecule has 1 aromatic rings. The van der Waals surface area contributed by atoms with E-state index in [1.165, 1.54) is 0 Å². The summed E-state index contributed by atoms with van der Waals surface area (Å²) in [6, 6.07) is 1.86. The second kappa shape index (κ2) is 2.08. The fourth-order valence-electron chi connectivity index (χ4n) is 1.36. The number of amides is 1. The molecule has 0 bridgehead atoms. The predicted molar refractivity (Wildman–Crippen MR) is 40.3 cm³/mol. The number of hydrogen-bond acceptors (Lipinski definition) is 2. The summed E-state index contributed by atoms with van der Waals surface area (Å²) in [7, 11) is 0. The van der Waals surface area contributed by atoms with Gasteiger partial charge in [0, 0.05) is 19.5 Å². The van der Waals surface area contributed by atoms with E-state index in [1.54, 1.807) is 18.0 Å². The summed E-state index contributed by atoms with van der Waals surface area (Å²) in [6.07, 6.45) is 1.71. The van der Waals surface area contributed by atoms with Crippen LogP contribution < -0.4 is 4.90 Å². The van der Waals surface area contributed by atoms with Crippen LogP contribution in [0.3, 0.4) is 0 Å². The standard InChI is InChI=1S/C7H9N3O/c1-6(11)9-4-5-10-7(9)2-3-8-10/h2-3H,4-5H2,1H3. The maximum atomic E-state index is 11.0. The van der Waals surface area contributed by atoms with Crippen molar-refractivity contribution >= 4 is 11.7 Å². The Kier molecular flexibility index (Phi) is 1.21. The molecule has 0 aliphatic carbocycles. The second-order valence-corrected chi connectivity index (χ2v) is 2.58. The van der Waals surface area contributed by atoms with Gasteiger partial charge in [-0.1, -0.05) is 0 Å². The number of fused-ring (bicyclic) bond motifs is 1. The Balaban J connectivity index is 2.38. The number of aromatic nitrogens is 2. The summed E-state index contributed by atoms with van der Waals surface area (Å²) in [6.45, 7) is 3.16. The number of anilines is 1. The molecule has 1 amide bonds. The summed E-state index contributed by atoms with van der Waals surface area (Å²) in [5, 5.41) is 4.05. The molecule has 58 valence electrons. The zero-order chi connectivity index (χ0) is 7.84. The first-order chi connectivity index (χ1) is 5.29. The first kappa shape index (κ1) is 6.39. The van der Waals surface area contributed by atoms with Gasteiger partial charge in [-0.15, -0.1) is 0 Å². The highest BCUT2D eigenvalue weighted by Gasteiger charge is 2.21. The van der Waals surface area contributed by atoms with Crippen LogP contribution in [0.15, 0.2) is 12.3 Å². The van der Waals surface area contributed by atoms with E-state index in [9.17, 15) is 4.79 Å². The van der Waals surface area contributed by atoms with Gasteiger partial charge >= 0.3 is 0 Å². The molecule has 11 heavy (non-hydrogen) atoms. The lowest BCUT2D eigenvalue weighted by Crippen LogP contribution is -2.25. The number of carbonyl (C=O) groups excluding carboxylic acids is 1. The highest BCUT2D eigenvalue weighted by atomic mass is 16.2. The van der Waals surface area contributed by atoms with Gasteiger partial charge in [0.15, 0.2) is 0 Å². The van der Waals surface area contributed by atoms with Crippen molar-refractivity contribution in [3.63, 3.8) is 0 Å². The van der Waals surface area contributed by atoms with Gasteiger partial charge in [0.2, 0.25) is 5.91 Å². The lowest BCUT2D eigenvalue weighted by Gasteiger charge is -2.10. The average molecular weight is 151 g/mol. The largest absolute Gasteiger partial charge is 0.295 e. The number of nitrogens with zero attached hydrogens (tertiary/aromatic N) is 3. The van der Waals surface area contributed by atoms with Gasteiger partial charge < -0.3 is 0 Å². The van der Waals surface area contributed by atoms with Crippen molar-refractivity contribution in [2.45, 2.75) is 13.5 Å². The van der Waals surface area contributed by atoms with E-state index in [0.717, 1.165) is 18.9 Å². The molecule has 0 spiro atoms. The van der Waals surface area contributed by atoms with Crippen molar-refractivity contribution in [3.05, 3.63) is 12.3 Å². The molecule has 0 N–H and O–H groups in total. The Hall–Kier alpha value is -1.32. The van der Waals surface area contributed by atoms with Crippen LogP contribution in [0.1, 0.15) is 6.92 Å². The van der Waals surface area contributed by atoms with Gasteiger partial charge in [0.05, 0.1) is 12.7 Å². The van der Waals surface area contributed by atoms with Gasteiger partial charge in [-0.25, -0.2) is 4.68 Å². The molecule has 1 aliphatic heterocycles. The maximum Gasteiger partial charge on any atom is 0.225 e. The minimum absolute atomic E-state index is 0.0873. The van der Waals surface area contributed by atoms with Crippen molar-refractivity contribution in [3.8, 4) is 0 Å². The molecule has 4 heteroatoms. The van der Waals surface area contributed by atoms with Gasteiger partial charge in [-0.3, -0.25) is 9.69 Å². The van der Waals surface area contributed by atoms with E-state index in [1.807, 2.05) is 10.7 Å². The Morgan fingerprint density at radius 1 is 1.64 bits per heavy atom. The summed E-state index contributed by atoms with van der Waals surface area (Å²) in [4.78, 5) is 12.7. The smallest absolute Gasteiger partial charge is 0.225 e. The van der Waals surface area contributed by atoms with Crippen molar-refractivity contribution in [2.75, 3.05) is 11.4 Å². The van der Waals surface area contributed by atoms with Gasteiger partial charge in [0.25, 0.3) is 0 Å². The Morgan fingerprint density at radius 2 is 2.45 bits per heavy atom. The van der Waals surface area contributed by atoms with Crippen LogP contribution in [-0.4, -0.2) is 22.2 Å². The maximum absolute atomic E-state index is 11.0. The molecular weight excluding hydrogens is 142 g/mol. The molecule has 2 heterocycles. The summed E-state index contributed by atoms with van der Waals surface area (Å²) >= 11 is 0. The monoisotopic (exact) mass is 151 g/mol. The third-order valence-electron chi connectivity index (χ3n) is 1.89. The molecule has 1 aromatic heterocycles. The molecule has 0 atom stereocenters. The molecule has 1 aliphatic rings. The van der Waals surface area contributed by atoms with Crippen molar-refractivity contribution in [1.29, 1.82) is 0 Å². The zero-order valence-corrected chi connectivity index (χ0v) is 6.32. The van der Waals surface area contributed by atoms with Crippen molar-refractivity contribution < 1.29 is 4.79 Å². The predicted octanol–water partition coefficient (Wildman–Crippen LogP) is 0.250. The van der Waals surface area contributed by atoms with E-state index in [4.69, 9.17) is 0 Å². The van der Waals surface area contributed by atoms with Gasteiger partial charge in [0.1, 0.15) is 5.82 Å². The Bertz CT molecular complexity index is 292. The van der Waals surface area contributed by atoms with Gasteiger partial charge in [-0.05, 0) is 0 Å². The topological polar surface area (TPSA) is 38.1 Å². The van der Waals surface area contributed by atoms with Gasteiger partial charge in [-0.2, -0.15) is 5.10 Å². The molecule has 0 radical (unpaired) electrons. The Labute approximate surface area is 64.4 Å². The quantitative estimate of drug-likeness (QED) is 0.533. The zero-order valence-electron chi connectivity index (χ0n) is 6.32. The minimum Gasteiger partial charge on any atom is -0.295 e. The Morgan fingerprint density at radius 3 is 3.18 bits per heavy atom. The minimum atomic E-state index is 0.0873. The molecular formula is C7H9N3O. The van der Waals surface area contributed by atoms with Crippen LogP contribution >= 0.6 is 0 Å². The molecule has 0 fully saturated rings. The lowest BCUT2D eigenvalue weighted by atomic mass is 10.5.